The Morgan fingerprint density at radius 3 is 2.59 bits per heavy atom. The smallest absolute Gasteiger partial charge is 0.225 e. The van der Waals surface area contributed by atoms with Gasteiger partial charge in [0.15, 0.2) is 0 Å². The molecule has 0 unspecified atom stereocenters. The van der Waals surface area contributed by atoms with Crippen molar-refractivity contribution in [3.63, 3.8) is 0 Å². The van der Waals surface area contributed by atoms with Gasteiger partial charge in [-0.3, -0.25) is 9.69 Å². The van der Waals surface area contributed by atoms with Crippen LogP contribution in [0.4, 0.5) is 5.95 Å². The van der Waals surface area contributed by atoms with Crippen LogP contribution in [-0.2, 0) is 16.1 Å². The van der Waals surface area contributed by atoms with Gasteiger partial charge in [0.25, 0.3) is 0 Å². The number of anilines is 1. The molecule has 3 saturated heterocycles. The molecule has 7 nitrogen and oxygen atoms in total. The van der Waals surface area contributed by atoms with Crippen LogP contribution in [0.1, 0.15) is 44.1 Å². The molecular weight excluding hydrogens is 342 g/mol. The van der Waals surface area contributed by atoms with Crippen molar-refractivity contribution < 1.29 is 9.53 Å². The molecule has 1 aromatic rings. The minimum absolute atomic E-state index is 0.337. The molecule has 3 aliphatic heterocycles. The second-order valence-corrected chi connectivity index (χ2v) is 7.88. The summed E-state index contributed by atoms with van der Waals surface area (Å²) >= 11 is 0. The molecule has 0 bridgehead atoms. The molecule has 7 heteroatoms. The van der Waals surface area contributed by atoms with E-state index in [9.17, 15) is 4.79 Å². The van der Waals surface area contributed by atoms with E-state index in [1.54, 1.807) is 0 Å². The normalized spacial score (nSPS) is 24.6. The lowest BCUT2D eigenvalue weighted by Crippen LogP contribution is -2.41. The van der Waals surface area contributed by atoms with E-state index in [-0.39, 0.29) is 0 Å². The third-order valence-electron chi connectivity index (χ3n) is 6.02. The fraction of sp³-hybridized carbons (Fsp3) is 0.750. The highest BCUT2D eigenvalue weighted by molar-refractivity contribution is 5.78. The largest absolute Gasteiger partial charge is 0.378 e. The number of ether oxygens (including phenoxy) is 1. The number of carbonyl (C=O) groups excluding carboxylic acids is 1. The van der Waals surface area contributed by atoms with E-state index >= 15 is 0 Å². The molecule has 0 N–H and O–H groups in total. The van der Waals surface area contributed by atoms with Crippen LogP contribution in [0.5, 0.6) is 0 Å². The number of aromatic nitrogens is 2. The van der Waals surface area contributed by atoms with E-state index in [0.717, 1.165) is 77.7 Å². The Morgan fingerprint density at radius 1 is 1.04 bits per heavy atom. The predicted octanol–water partition coefficient (Wildman–Crippen LogP) is 1.68. The summed E-state index contributed by atoms with van der Waals surface area (Å²) in [5.41, 5.74) is 1.18. The number of likely N-dealkylation sites (tertiary alicyclic amines) is 2. The summed E-state index contributed by atoms with van der Waals surface area (Å²) in [6, 6.07) is 0.561. The molecule has 0 radical (unpaired) electrons. The van der Waals surface area contributed by atoms with Gasteiger partial charge in [-0.2, -0.15) is 0 Å². The summed E-state index contributed by atoms with van der Waals surface area (Å²) in [6.45, 7) is 7.12. The van der Waals surface area contributed by atoms with E-state index in [1.165, 1.54) is 24.8 Å². The first-order chi connectivity index (χ1) is 13.3. The molecule has 0 saturated carbocycles. The Morgan fingerprint density at radius 2 is 1.85 bits per heavy atom. The maximum Gasteiger partial charge on any atom is 0.225 e. The summed E-state index contributed by atoms with van der Waals surface area (Å²) < 4.78 is 5.40. The molecule has 3 aliphatic rings. The first-order valence-electron chi connectivity index (χ1n) is 10.4. The number of hydrogen-bond acceptors (Lipinski definition) is 6. The molecular formula is C20H31N5O2. The summed E-state index contributed by atoms with van der Waals surface area (Å²) in [4.78, 5) is 27.8. The summed E-state index contributed by atoms with van der Waals surface area (Å²) in [7, 11) is 0. The SMILES string of the molecule is O=C1CCCN1CC[C@H]1CCCCN1Cc1cnc(N2CCOCC2)nc1. The Kier molecular flexibility index (Phi) is 6.19. The standard InChI is InChI=1S/C20H31N5O2/c26-19-5-3-8-23(19)9-6-18-4-1-2-7-25(18)16-17-14-21-20(22-15-17)24-10-12-27-13-11-24/h14-15,18H,1-13,16H2/t18-/m1/s1. The second kappa shape index (κ2) is 8.97. The monoisotopic (exact) mass is 373 g/mol. The number of nitrogens with zero attached hydrogens (tertiary/aromatic N) is 5. The Bertz CT molecular complexity index is 617. The van der Waals surface area contributed by atoms with Gasteiger partial charge in [0.1, 0.15) is 0 Å². The van der Waals surface area contributed by atoms with Crippen molar-refractivity contribution >= 4 is 11.9 Å². The van der Waals surface area contributed by atoms with Crippen LogP contribution in [0, 0.1) is 0 Å². The van der Waals surface area contributed by atoms with Gasteiger partial charge in [0.05, 0.1) is 13.2 Å². The first-order valence-corrected chi connectivity index (χ1v) is 10.4. The molecule has 4 rings (SSSR count). The number of carbonyl (C=O) groups is 1. The first kappa shape index (κ1) is 18.6. The molecule has 0 aromatic carbocycles. The van der Waals surface area contributed by atoms with Gasteiger partial charge < -0.3 is 14.5 Å². The Balaban J connectivity index is 1.32. The van der Waals surface area contributed by atoms with Crippen LogP contribution >= 0.6 is 0 Å². The lowest BCUT2D eigenvalue weighted by molar-refractivity contribution is -0.127. The van der Waals surface area contributed by atoms with Gasteiger partial charge in [-0.25, -0.2) is 9.97 Å². The zero-order chi connectivity index (χ0) is 18.5. The number of piperidine rings is 1. The molecule has 3 fully saturated rings. The third kappa shape index (κ3) is 4.76. The van der Waals surface area contributed by atoms with E-state index < -0.39 is 0 Å². The van der Waals surface area contributed by atoms with Gasteiger partial charge in [0, 0.05) is 63.1 Å². The number of morpholine rings is 1. The lowest BCUT2D eigenvalue weighted by Gasteiger charge is -2.36. The molecule has 0 spiro atoms. The highest BCUT2D eigenvalue weighted by Crippen LogP contribution is 2.23. The molecule has 1 aromatic heterocycles. The summed E-state index contributed by atoms with van der Waals surface area (Å²) in [5, 5.41) is 0. The van der Waals surface area contributed by atoms with Crippen molar-refractivity contribution in [2.75, 3.05) is 50.8 Å². The highest BCUT2D eigenvalue weighted by Gasteiger charge is 2.26. The third-order valence-corrected chi connectivity index (χ3v) is 6.02. The van der Waals surface area contributed by atoms with E-state index in [4.69, 9.17) is 4.74 Å². The topological polar surface area (TPSA) is 61.8 Å². The van der Waals surface area contributed by atoms with Gasteiger partial charge in [-0.05, 0) is 32.2 Å². The van der Waals surface area contributed by atoms with E-state index in [2.05, 4.69) is 19.8 Å². The van der Waals surface area contributed by atoms with Crippen molar-refractivity contribution in [3.8, 4) is 0 Å². The van der Waals surface area contributed by atoms with Crippen LogP contribution in [0.2, 0.25) is 0 Å². The highest BCUT2D eigenvalue weighted by atomic mass is 16.5. The van der Waals surface area contributed by atoms with Crippen LogP contribution in [0.3, 0.4) is 0 Å². The average molecular weight is 374 g/mol. The zero-order valence-electron chi connectivity index (χ0n) is 16.2. The number of rotatable bonds is 6. The fourth-order valence-electron chi connectivity index (χ4n) is 4.43. The van der Waals surface area contributed by atoms with Crippen molar-refractivity contribution in [3.05, 3.63) is 18.0 Å². The summed E-state index contributed by atoms with van der Waals surface area (Å²) in [5.74, 6) is 1.15. The van der Waals surface area contributed by atoms with Gasteiger partial charge in [-0.1, -0.05) is 6.42 Å². The maximum atomic E-state index is 11.9. The molecule has 4 heterocycles. The summed E-state index contributed by atoms with van der Waals surface area (Å²) in [6.07, 6.45) is 10.6. The lowest BCUT2D eigenvalue weighted by atomic mass is 9.98. The maximum absolute atomic E-state index is 11.9. The van der Waals surface area contributed by atoms with Gasteiger partial charge in [0.2, 0.25) is 11.9 Å². The van der Waals surface area contributed by atoms with Gasteiger partial charge in [-0.15, -0.1) is 0 Å². The van der Waals surface area contributed by atoms with Crippen molar-refractivity contribution in [2.45, 2.75) is 51.1 Å². The van der Waals surface area contributed by atoms with Crippen LogP contribution < -0.4 is 4.90 Å². The van der Waals surface area contributed by atoms with Crippen molar-refractivity contribution in [1.82, 2.24) is 19.8 Å². The second-order valence-electron chi connectivity index (χ2n) is 7.88. The van der Waals surface area contributed by atoms with Gasteiger partial charge >= 0.3 is 0 Å². The Labute approximate surface area is 161 Å². The van der Waals surface area contributed by atoms with E-state index in [0.29, 0.717) is 11.9 Å². The van der Waals surface area contributed by atoms with Crippen LogP contribution in [0.25, 0.3) is 0 Å². The van der Waals surface area contributed by atoms with Crippen molar-refractivity contribution in [1.29, 1.82) is 0 Å². The minimum atomic E-state index is 0.337. The van der Waals surface area contributed by atoms with Crippen LogP contribution in [0.15, 0.2) is 12.4 Å². The minimum Gasteiger partial charge on any atom is -0.378 e. The molecule has 1 amide bonds. The van der Waals surface area contributed by atoms with E-state index in [1.807, 2.05) is 17.3 Å². The quantitative estimate of drug-likeness (QED) is 0.756. The molecule has 27 heavy (non-hydrogen) atoms. The van der Waals surface area contributed by atoms with Crippen LogP contribution in [-0.4, -0.2) is 77.7 Å². The fourth-order valence-corrected chi connectivity index (χ4v) is 4.43. The van der Waals surface area contributed by atoms with Crippen molar-refractivity contribution in [2.24, 2.45) is 0 Å². The predicted molar refractivity (Wildman–Crippen MR) is 104 cm³/mol. The molecule has 1 atom stereocenters. The molecule has 148 valence electrons. The average Bonchev–Trinajstić information content (AvgIpc) is 3.13. The molecule has 0 aliphatic carbocycles. The number of amides is 1. The number of hydrogen-bond donors (Lipinski definition) is 0. The Hall–Kier alpha value is -1.73. The zero-order valence-corrected chi connectivity index (χ0v) is 16.2.